The van der Waals surface area contributed by atoms with Crippen LogP contribution in [0.15, 0.2) is 35.5 Å². The van der Waals surface area contributed by atoms with Crippen LogP contribution in [0.2, 0.25) is 0 Å². The zero-order chi connectivity index (χ0) is 23.6. The maximum absolute atomic E-state index is 11.2. The Morgan fingerprint density at radius 1 is 1.22 bits per heavy atom. The van der Waals surface area contributed by atoms with E-state index in [1.165, 1.54) is 38.5 Å². The van der Waals surface area contributed by atoms with Gasteiger partial charge in [0.1, 0.15) is 4.93 Å². The molecule has 3 aliphatic carbocycles. The molecule has 32 heavy (non-hydrogen) atoms. The van der Waals surface area contributed by atoms with Crippen molar-refractivity contribution in [2.24, 2.45) is 17.3 Å². The van der Waals surface area contributed by atoms with Gasteiger partial charge in [-0.2, -0.15) is 0 Å². The molecule has 5 atom stereocenters. The number of allylic oxidation sites excluding steroid dienone is 3. The second-order valence-corrected chi connectivity index (χ2v) is 13.0. The number of aliphatic hydroxyl groups excluding tert-OH is 1. The van der Waals surface area contributed by atoms with Crippen LogP contribution in [0.1, 0.15) is 98.3 Å². The predicted octanol–water partition coefficient (Wildman–Crippen LogP) is 6.54. The Labute approximate surface area is 200 Å². The third-order valence-corrected chi connectivity index (χ3v) is 9.84. The molecular formula is C28H46O3S. The van der Waals surface area contributed by atoms with Crippen LogP contribution in [0.4, 0.5) is 0 Å². The molecule has 3 rings (SSSR count). The molecule has 0 aromatic rings. The maximum atomic E-state index is 11.2. The first-order chi connectivity index (χ1) is 15.0. The monoisotopic (exact) mass is 462 g/mol. The van der Waals surface area contributed by atoms with Crippen molar-refractivity contribution in [3.63, 3.8) is 0 Å². The van der Waals surface area contributed by atoms with Crippen LogP contribution >= 0.6 is 11.8 Å². The summed E-state index contributed by atoms with van der Waals surface area (Å²) in [4.78, 5) is -0.943. The zero-order valence-electron chi connectivity index (χ0n) is 20.8. The van der Waals surface area contributed by atoms with Gasteiger partial charge < -0.3 is 15.3 Å². The average Bonchev–Trinajstić information content (AvgIpc) is 3.05. The Kier molecular flexibility index (Phi) is 8.45. The van der Waals surface area contributed by atoms with Crippen LogP contribution in [0.5, 0.6) is 0 Å². The molecule has 3 N–H and O–H groups in total. The molecule has 0 aromatic carbocycles. The number of hydrogen-bond acceptors (Lipinski definition) is 4. The van der Waals surface area contributed by atoms with Gasteiger partial charge in [0.15, 0.2) is 0 Å². The van der Waals surface area contributed by atoms with Crippen LogP contribution in [-0.2, 0) is 0 Å². The summed E-state index contributed by atoms with van der Waals surface area (Å²) in [7, 11) is 0. The topological polar surface area (TPSA) is 60.7 Å². The first-order valence-corrected chi connectivity index (χ1v) is 13.8. The minimum absolute atomic E-state index is 0.342. The average molecular weight is 463 g/mol. The van der Waals surface area contributed by atoms with Gasteiger partial charge in [0.05, 0.1) is 11.7 Å². The van der Waals surface area contributed by atoms with E-state index in [2.05, 4.69) is 32.6 Å². The number of aliphatic hydroxyl groups is 3. The van der Waals surface area contributed by atoms with Gasteiger partial charge in [-0.1, -0.05) is 44.6 Å². The highest BCUT2D eigenvalue weighted by Crippen LogP contribution is 2.58. The van der Waals surface area contributed by atoms with Crippen LogP contribution in [-0.4, -0.2) is 37.7 Å². The molecule has 0 heterocycles. The van der Waals surface area contributed by atoms with Crippen LogP contribution in [0.25, 0.3) is 0 Å². The van der Waals surface area contributed by atoms with Crippen molar-refractivity contribution in [1.29, 1.82) is 0 Å². The van der Waals surface area contributed by atoms with E-state index in [0.717, 1.165) is 42.1 Å². The molecule has 182 valence electrons. The molecule has 0 spiro atoms. The van der Waals surface area contributed by atoms with Gasteiger partial charge in [-0.05, 0) is 99.4 Å². The summed E-state index contributed by atoms with van der Waals surface area (Å²) in [6.07, 6.45) is 15.1. The van der Waals surface area contributed by atoms with Gasteiger partial charge in [0.2, 0.25) is 0 Å². The van der Waals surface area contributed by atoms with E-state index in [-0.39, 0.29) is 0 Å². The molecule has 0 radical (unpaired) electrons. The lowest BCUT2D eigenvalue weighted by Crippen LogP contribution is -2.37. The number of thioether (sulfide) groups is 1. The molecule has 4 heteroatoms. The Hall–Kier alpha value is -0.550. The van der Waals surface area contributed by atoms with E-state index >= 15 is 0 Å². The van der Waals surface area contributed by atoms with Gasteiger partial charge in [-0.15, -0.1) is 11.8 Å². The minimum Gasteiger partial charge on any atom is -0.390 e. The van der Waals surface area contributed by atoms with Crippen LogP contribution < -0.4 is 0 Å². The van der Waals surface area contributed by atoms with Gasteiger partial charge in [0.25, 0.3) is 0 Å². The fourth-order valence-electron chi connectivity index (χ4n) is 6.54. The smallest absolute Gasteiger partial charge is 0.117 e. The number of hydrogen-bond donors (Lipinski definition) is 3. The van der Waals surface area contributed by atoms with Gasteiger partial charge >= 0.3 is 0 Å². The molecular weight excluding hydrogens is 416 g/mol. The van der Waals surface area contributed by atoms with Crippen molar-refractivity contribution in [3.05, 3.63) is 35.5 Å². The molecule has 0 aliphatic heterocycles. The third-order valence-electron chi connectivity index (χ3n) is 8.50. The summed E-state index contributed by atoms with van der Waals surface area (Å²) in [6, 6.07) is 0. The summed E-state index contributed by atoms with van der Waals surface area (Å²) < 4.78 is 0. The molecule has 3 aliphatic rings. The van der Waals surface area contributed by atoms with E-state index in [4.69, 9.17) is 0 Å². The second-order valence-electron chi connectivity index (χ2n) is 11.5. The van der Waals surface area contributed by atoms with Gasteiger partial charge in [-0.25, -0.2) is 0 Å². The Morgan fingerprint density at radius 3 is 2.66 bits per heavy atom. The molecule has 0 saturated heterocycles. The summed E-state index contributed by atoms with van der Waals surface area (Å²) in [6.45, 7) is 12.7. The highest BCUT2D eigenvalue weighted by Gasteiger charge is 2.48. The Morgan fingerprint density at radius 2 is 1.97 bits per heavy atom. The molecule has 0 amide bonds. The predicted molar refractivity (Wildman–Crippen MR) is 137 cm³/mol. The van der Waals surface area contributed by atoms with Crippen molar-refractivity contribution in [2.75, 3.05) is 5.75 Å². The lowest BCUT2D eigenvalue weighted by atomic mass is 9.63. The normalized spacial score (nSPS) is 38.5. The van der Waals surface area contributed by atoms with E-state index < -0.39 is 16.6 Å². The summed E-state index contributed by atoms with van der Waals surface area (Å²) in [5.74, 6) is 2.36. The number of rotatable bonds is 8. The standard InChI is InChI=1S/C28H46O3S/c1-6-23-13-14-24-21(10-9-16-27(23,24)5)11-12-22-18-28(31,19-25(29)20(22)2)32-17-8-7-15-26(3,4)30/h11-12,23-25,29-31H,2,6-10,13-19H2,1,3-5H3/t23-,24+,25-,27+,28-/m0/s1. The molecule has 3 nitrogen and oxygen atoms in total. The Balaban J connectivity index is 1.66. The largest absolute Gasteiger partial charge is 0.390 e. The fourth-order valence-corrected chi connectivity index (χ4v) is 7.81. The summed E-state index contributed by atoms with van der Waals surface area (Å²) in [5.41, 5.74) is 3.15. The highest BCUT2D eigenvalue weighted by atomic mass is 32.2. The van der Waals surface area contributed by atoms with E-state index in [1.54, 1.807) is 17.3 Å². The minimum atomic E-state index is -0.943. The number of unbranched alkanes of at least 4 members (excludes halogenated alkanes) is 1. The van der Waals surface area contributed by atoms with Crippen LogP contribution in [0, 0.1) is 17.3 Å². The Bertz CT molecular complexity index is 733. The van der Waals surface area contributed by atoms with Gasteiger partial charge in [0, 0.05) is 12.8 Å². The van der Waals surface area contributed by atoms with Crippen molar-refractivity contribution in [2.45, 2.75) is 115 Å². The molecule has 0 bridgehead atoms. The van der Waals surface area contributed by atoms with Crippen molar-refractivity contribution < 1.29 is 15.3 Å². The van der Waals surface area contributed by atoms with Crippen molar-refractivity contribution in [1.82, 2.24) is 0 Å². The SMILES string of the molecule is C=C1C(=CC=C2CCC[C@]3(C)[C@@H](CC)CC[C@H]23)C[C@](O)(SCCCCC(C)(C)O)C[C@@H]1O. The fraction of sp³-hybridized carbons (Fsp3) is 0.786. The molecule has 3 fully saturated rings. The van der Waals surface area contributed by atoms with E-state index in [0.29, 0.717) is 24.2 Å². The first kappa shape index (κ1) is 26.1. The maximum Gasteiger partial charge on any atom is 0.117 e. The first-order valence-electron chi connectivity index (χ1n) is 12.8. The second kappa shape index (κ2) is 10.4. The molecule has 0 aromatic heterocycles. The van der Waals surface area contributed by atoms with Crippen molar-refractivity contribution >= 4 is 11.8 Å². The van der Waals surface area contributed by atoms with E-state index in [1.807, 2.05) is 13.8 Å². The van der Waals surface area contributed by atoms with E-state index in [9.17, 15) is 15.3 Å². The third kappa shape index (κ3) is 6.11. The molecule has 3 saturated carbocycles. The lowest BCUT2D eigenvalue weighted by Gasteiger charge is -2.42. The highest BCUT2D eigenvalue weighted by molar-refractivity contribution is 8.00. The lowest BCUT2D eigenvalue weighted by molar-refractivity contribution is 0.0606. The molecule has 0 unspecified atom stereocenters. The summed E-state index contributed by atoms with van der Waals surface area (Å²) in [5, 5.41) is 31.7. The summed E-state index contributed by atoms with van der Waals surface area (Å²) >= 11 is 1.55. The van der Waals surface area contributed by atoms with Gasteiger partial charge in [-0.3, -0.25) is 0 Å². The number of fused-ring (bicyclic) bond motifs is 1. The quantitative estimate of drug-likeness (QED) is 0.283. The van der Waals surface area contributed by atoms with Crippen LogP contribution in [0.3, 0.4) is 0 Å². The van der Waals surface area contributed by atoms with Crippen molar-refractivity contribution in [3.8, 4) is 0 Å². The zero-order valence-corrected chi connectivity index (χ0v) is 21.6.